The lowest BCUT2D eigenvalue weighted by molar-refractivity contribution is 0.0645. The molecule has 0 aliphatic heterocycles. The molecule has 2 atom stereocenters. The first-order valence-electron chi connectivity index (χ1n) is 4.93. The molecule has 0 rings (SSSR count). The number of rotatable bonds is 7. The predicted molar refractivity (Wildman–Crippen MR) is 56.6 cm³/mol. The zero-order valence-corrected chi connectivity index (χ0v) is 8.97. The van der Waals surface area contributed by atoms with Crippen LogP contribution in [0, 0.1) is 12.3 Å². The van der Waals surface area contributed by atoms with E-state index in [1.165, 1.54) is 0 Å². The maximum atomic E-state index is 5.37. The van der Waals surface area contributed by atoms with Gasteiger partial charge in [-0.2, -0.15) is 0 Å². The molecule has 0 aliphatic rings. The predicted octanol–water partition coefficient (Wildman–Crippen LogP) is 1.80. The molecule has 0 radical (unpaired) electrons. The van der Waals surface area contributed by atoms with Crippen molar-refractivity contribution in [2.45, 2.75) is 44.8 Å². The van der Waals surface area contributed by atoms with E-state index in [1.807, 2.05) is 7.05 Å². The maximum absolute atomic E-state index is 5.37. The van der Waals surface area contributed by atoms with E-state index >= 15 is 0 Å². The minimum absolute atomic E-state index is 0.308. The number of methoxy groups -OCH3 is 1. The fraction of sp³-hybridized carbons (Fsp3) is 0.818. The van der Waals surface area contributed by atoms with Crippen LogP contribution in [0.25, 0.3) is 0 Å². The summed E-state index contributed by atoms with van der Waals surface area (Å²) < 4.78 is 5.37. The fourth-order valence-electron chi connectivity index (χ4n) is 1.56. The van der Waals surface area contributed by atoms with Crippen LogP contribution in [0.4, 0.5) is 0 Å². The molecule has 1 N–H and O–H groups in total. The van der Waals surface area contributed by atoms with Crippen LogP contribution >= 0.6 is 0 Å². The van der Waals surface area contributed by atoms with Gasteiger partial charge in [-0.15, -0.1) is 12.3 Å². The Balaban J connectivity index is 3.79. The van der Waals surface area contributed by atoms with Gasteiger partial charge in [-0.05, 0) is 26.3 Å². The van der Waals surface area contributed by atoms with Gasteiger partial charge in [-0.1, -0.05) is 6.92 Å². The summed E-state index contributed by atoms with van der Waals surface area (Å²) in [5.41, 5.74) is 0. The molecule has 0 bridgehead atoms. The van der Waals surface area contributed by atoms with Gasteiger partial charge in [0.15, 0.2) is 0 Å². The van der Waals surface area contributed by atoms with Gasteiger partial charge in [0.2, 0.25) is 0 Å². The first-order valence-corrected chi connectivity index (χ1v) is 4.93. The number of nitrogens with one attached hydrogen (secondary N) is 1. The third kappa shape index (κ3) is 4.92. The summed E-state index contributed by atoms with van der Waals surface area (Å²) in [5, 5.41) is 3.27. The molecule has 0 fully saturated rings. The van der Waals surface area contributed by atoms with Crippen LogP contribution < -0.4 is 5.32 Å². The smallest absolute Gasteiger partial charge is 0.0721 e. The molecule has 0 amide bonds. The van der Waals surface area contributed by atoms with E-state index in [0.717, 1.165) is 25.7 Å². The zero-order valence-electron chi connectivity index (χ0n) is 8.97. The maximum Gasteiger partial charge on any atom is 0.0721 e. The van der Waals surface area contributed by atoms with Crippen molar-refractivity contribution in [3.05, 3.63) is 0 Å². The molecule has 2 nitrogen and oxygen atoms in total. The highest BCUT2D eigenvalue weighted by Crippen LogP contribution is 2.09. The van der Waals surface area contributed by atoms with E-state index in [2.05, 4.69) is 18.2 Å². The van der Waals surface area contributed by atoms with Gasteiger partial charge < -0.3 is 10.1 Å². The number of hydrogen-bond donors (Lipinski definition) is 1. The fourth-order valence-corrected chi connectivity index (χ4v) is 1.56. The Labute approximate surface area is 82.1 Å². The Morgan fingerprint density at radius 1 is 1.54 bits per heavy atom. The quantitative estimate of drug-likeness (QED) is 0.480. The van der Waals surface area contributed by atoms with Crippen molar-refractivity contribution >= 4 is 0 Å². The molecule has 2 unspecified atom stereocenters. The lowest BCUT2D eigenvalue weighted by Crippen LogP contribution is -2.38. The third-order valence-electron chi connectivity index (χ3n) is 2.36. The van der Waals surface area contributed by atoms with Crippen molar-refractivity contribution in [1.29, 1.82) is 0 Å². The van der Waals surface area contributed by atoms with Gasteiger partial charge in [0, 0.05) is 19.6 Å². The molecule has 0 aromatic heterocycles. The Kier molecular flexibility index (Phi) is 7.77. The van der Waals surface area contributed by atoms with Crippen molar-refractivity contribution in [2.75, 3.05) is 14.2 Å². The number of ether oxygens (including phenoxy) is 1. The number of unbranched alkanes of at least 4 members (excludes halogenated alkanes) is 1. The monoisotopic (exact) mass is 183 g/mol. The van der Waals surface area contributed by atoms with Gasteiger partial charge in [0.05, 0.1) is 6.10 Å². The second-order valence-corrected chi connectivity index (χ2v) is 3.17. The minimum Gasteiger partial charge on any atom is -0.380 e. The van der Waals surface area contributed by atoms with Crippen molar-refractivity contribution in [3.63, 3.8) is 0 Å². The second-order valence-electron chi connectivity index (χ2n) is 3.17. The van der Waals surface area contributed by atoms with Crippen molar-refractivity contribution < 1.29 is 4.74 Å². The van der Waals surface area contributed by atoms with Crippen LogP contribution in [0.1, 0.15) is 32.6 Å². The van der Waals surface area contributed by atoms with Crippen molar-refractivity contribution in [3.8, 4) is 12.3 Å². The second kappa shape index (κ2) is 8.10. The van der Waals surface area contributed by atoms with E-state index in [4.69, 9.17) is 11.2 Å². The summed E-state index contributed by atoms with van der Waals surface area (Å²) in [6.07, 6.45) is 9.56. The summed E-state index contributed by atoms with van der Waals surface area (Å²) >= 11 is 0. The first kappa shape index (κ1) is 12.5. The summed E-state index contributed by atoms with van der Waals surface area (Å²) in [5.74, 6) is 2.65. The lowest BCUT2D eigenvalue weighted by Gasteiger charge is -2.24. The topological polar surface area (TPSA) is 21.3 Å². The SMILES string of the molecule is C#CCCCC(NC)C(CC)OC. The van der Waals surface area contributed by atoms with Crippen LogP contribution in [-0.4, -0.2) is 26.3 Å². The molecule has 0 heterocycles. The highest BCUT2D eigenvalue weighted by atomic mass is 16.5. The molecule has 13 heavy (non-hydrogen) atoms. The minimum atomic E-state index is 0.308. The molecule has 76 valence electrons. The highest BCUT2D eigenvalue weighted by Gasteiger charge is 2.16. The van der Waals surface area contributed by atoms with Crippen LogP contribution in [0.3, 0.4) is 0 Å². The normalized spacial score (nSPS) is 14.9. The van der Waals surface area contributed by atoms with Crippen molar-refractivity contribution in [1.82, 2.24) is 5.32 Å². The van der Waals surface area contributed by atoms with Gasteiger partial charge >= 0.3 is 0 Å². The molecule has 0 aromatic carbocycles. The molecule has 2 heteroatoms. The average molecular weight is 183 g/mol. The van der Waals surface area contributed by atoms with Crippen molar-refractivity contribution in [2.24, 2.45) is 0 Å². The van der Waals surface area contributed by atoms with Gasteiger partial charge in [0.25, 0.3) is 0 Å². The first-order chi connectivity index (χ1) is 6.29. The van der Waals surface area contributed by atoms with Gasteiger partial charge in [0.1, 0.15) is 0 Å². The Morgan fingerprint density at radius 3 is 2.62 bits per heavy atom. The Morgan fingerprint density at radius 2 is 2.23 bits per heavy atom. The largest absolute Gasteiger partial charge is 0.380 e. The number of hydrogen-bond acceptors (Lipinski definition) is 2. The van der Waals surface area contributed by atoms with E-state index in [-0.39, 0.29) is 0 Å². The van der Waals surface area contributed by atoms with Crippen LogP contribution in [0.2, 0.25) is 0 Å². The number of likely N-dealkylation sites (N-methyl/N-ethyl adjacent to an activating group) is 1. The molecule has 0 aromatic rings. The standard InChI is InChI=1S/C11H21NO/c1-5-7-8-9-10(12-3)11(6-2)13-4/h1,10-12H,6-9H2,2-4H3. The summed E-state index contributed by atoms with van der Waals surface area (Å²) in [4.78, 5) is 0. The van der Waals surface area contributed by atoms with Crippen LogP contribution in [-0.2, 0) is 4.74 Å². The Hall–Kier alpha value is -0.520. The van der Waals surface area contributed by atoms with Crippen LogP contribution in [0.15, 0.2) is 0 Å². The molecular weight excluding hydrogens is 162 g/mol. The lowest BCUT2D eigenvalue weighted by atomic mass is 10.0. The zero-order chi connectivity index (χ0) is 10.1. The molecule has 0 spiro atoms. The summed E-state index contributed by atoms with van der Waals surface area (Å²) in [6, 6.07) is 0.434. The molecule has 0 aliphatic carbocycles. The van der Waals surface area contributed by atoms with E-state index < -0.39 is 0 Å². The van der Waals surface area contributed by atoms with E-state index in [9.17, 15) is 0 Å². The van der Waals surface area contributed by atoms with Crippen LogP contribution in [0.5, 0.6) is 0 Å². The molecule has 0 saturated carbocycles. The van der Waals surface area contributed by atoms with Gasteiger partial charge in [-0.25, -0.2) is 0 Å². The number of terminal acetylenes is 1. The average Bonchev–Trinajstić information content (AvgIpc) is 2.17. The van der Waals surface area contributed by atoms with E-state index in [0.29, 0.717) is 12.1 Å². The summed E-state index contributed by atoms with van der Waals surface area (Å²) in [6.45, 7) is 2.14. The van der Waals surface area contributed by atoms with Gasteiger partial charge in [-0.3, -0.25) is 0 Å². The molecular formula is C11H21NO. The third-order valence-corrected chi connectivity index (χ3v) is 2.36. The summed E-state index contributed by atoms with van der Waals surface area (Å²) in [7, 11) is 3.74. The van der Waals surface area contributed by atoms with E-state index in [1.54, 1.807) is 7.11 Å². The molecule has 0 saturated heterocycles. The Bertz CT molecular complexity index is 147. The highest BCUT2D eigenvalue weighted by molar-refractivity contribution is 4.84.